The van der Waals surface area contributed by atoms with E-state index in [1.807, 2.05) is 35.2 Å². The topological polar surface area (TPSA) is 33.2 Å². The Bertz CT molecular complexity index is 578. The van der Waals surface area contributed by atoms with Gasteiger partial charge in [0, 0.05) is 29.7 Å². The molecule has 1 heterocycles. The minimum atomic E-state index is 0.0996. The van der Waals surface area contributed by atoms with E-state index in [0.29, 0.717) is 0 Å². The molecule has 0 bridgehead atoms. The molecule has 1 aromatic carbocycles. The van der Waals surface area contributed by atoms with Crippen LogP contribution in [0.1, 0.15) is 37.6 Å². The van der Waals surface area contributed by atoms with Crippen molar-refractivity contribution in [1.29, 1.82) is 0 Å². The van der Waals surface area contributed by atoms with Gasteiger partial charge in [0.25, 0.3) is 5.91 Å². The van der Waals surface area contributed by atoms with Crippen molar-refractivity contribution < 1.29 is 4.79 Å². The Morgan fingerprint density at radius 2 is 2.11 bits per heavy atom. The van der Waals surface area contributed by atoms with Crippen molar-refractivity contribution in [3.05, 3.63) is 42.1 Å². The number of aromatic nitrogens is 1. The zero-order chi connectivity index (χ0) is 13.8. The summed E-state index contributed by atoms with van der Waals surface area (Å²) in [4.78, 5) is 18.7. The molecular weight excluding hydrogens is 236 g/mol. The van der Waals surface area contributed by atoms with Gasteiger partial charge in [0.2, 0.25) is 0 Å². The largest absolute Gasteiger partial charge is 0.336 e. The lowest BCUT2D eigenvalue weighted by atomic mass is 10.1. The molecule has 0 saturated heterocycles. The van der Waals surface area contributed by atoms with E-state index in [9.17, 15) is 4.79 Å². The van der Waals surface area contributed by atoms with E-state index in [2.05, 4.69) is 25.8 Å². The highest BCUT2D eigenvalue weighted by Gasteiger charge is 2.17. The van der Waals surface area contributed by atoms with Gasteiger partial charge in [-0.2, -0.15) is 0 Å². The molecule has 0 aliphatic heterocycles. The second kappa shape index (κ2) is 5.83. The number of fused-ring (bicyclic) bond motifs is 1. The fourth-order valence-electron chi connectivity index (χ4n) is 2.21. The molecule has 0 N–H and O–H groups in total. The average molecular weight is 256 g/mol. The van der Waals surface area contributed by atoms with Gasteiger partial charge >= 0.3 is 0 Å². The molecule has 100 valence electrons. The lowest BCUT2D eigenvalue weighted by molar-refractivity contribution is 0.0706. The Balaban J connectivity index is 2.34. The minimum Gasteiger partial charge on any atom is -0.336 e. The van der Waals surface area contributed by atoms with Crippen LogP contribution in [0.5, 0.6) is 0 Å². The molecule has 0 fully saturated rings. The van der Waals surface area contributed by atoms with E-state index < -0.39 is 0 Å². The van der Waals surface area contributed by atoms with Gasteiger partial charge in [-0.1, -0.05) is 13.0 Å². The Hall–Kier alpha value is -1.90. The maximum absolute atomic E-state index is 12.5. The number of carbonyl (C=O) groups excluding carboxylic acids is 1. The second-order valence-electron chi connectivity index (χ2n) is 5.00. The van der Waals surface area contributed by atoms with E-state index in [1.54, 1.807) is 6.20 Å². The summed E-state index contributed by atoms with van der Waals surface area (Å²) in [5.74, 6) is 0.0996. The number of pyridine rings is 1. The smallest absolute Gasteiger partial charge is 0.254 e. The van der Waals surface area contributed by atoms with Gasteiger partial charge in [0.1, 0.15) is 0 Å². The Labute approximate surface area is 114 Å². The third-order valence-electron chi connectivity index (χ3n) is 3.20. The van der Waals surface area contributed by atoms with Gasteiger partial charge in [-0.15, -0.1) is 0 Å². The monoisotopic (exact) mass is 256 g/mol. The van der Waals surface area contributed by atoms with Crippen LogP contribution < -0.4 is 0 Å². The molecule has 0 saturated carbocycles. The van der Waals surface area contributed by atoms with E-state index in [4.69, 9.17) is 0 Å². The summed E-state index contributed by atoms with van der Waals surface area (Å²) < 4.78 is 0. The summed E-state index contributed by atoms with van der Waals surface area (Å²) in [6.45, 7) is 6.99. The van der Waals surface area contributed by atoms with E-state index in [-0.39, 0.29) is 11.9 Å². The number of amides is 1. The fourth-order valence-corrected chi connectivity index (χ4v) is 2.21. The predicted octanol–water partition coefficient (Wildman–Crippen LogP) is 3.50. The average Bonchev–Trinajstić information content (AvgIpc) is 2.43. The van der Waals surface area contributed by atoms with Gasteiger partial charge in [-0.3, -0.25) is 9.78 Å². The van der Waals surface area contributed by atoms with Crippen LogP contribution in [0.4, 0.5) is 0 Å². The summed E-state index contributed by atoms with van der Waals surface area (Å²) in [5, 5.41) is 1.01. The maximum Gasteiger partial charge on any atom is 0.254 e. The molecule has 0 atom stereocenters. The van der Waals surface area contributed by atoms with Crippen molar-refractivity contribution in [3.63, 3.8) is 0 Å². The minimum absolute atomic E-state index is 0.0996. The molecular formula is C16H20N2O. The molecule has 1 aromatic heterocycles. The fraction of sp³-hybridized carbons (Fsp3) is 0.375. The molecule has 0 radical (unpaired) electrons. The van der Waals surface area contributed by atoms with Crippen LogP contribution in [0, 0.1) is 0 Å². The highest BCUT2D eigenvalue weighted by atomic mass is 16.2. The van der Waals surface area contributed by atoms with Crippen LogP contribution in [-0.4, -0.2) is 28.4 Å². The molecule has 2 rings (SSSR count). The first-order valence-corrected chi connectivity index (χ1v) is 6.79. The van der Waals surface area contributed by atoms with Gasteiger partial charge < -0.3 is 4.90 Å². The first-order valence-electron chi connectivity index (χ1n) is 6.79. The molecule has 0 unspecified atom stereocenters. The number of benzene rings is 1. The van der Waals surface area contributed by atoms with Crippen LogP contribution in [0.3, 0.4) is 0 Å². The van der Waals surface area contributed by atoms with Gasteiger partial charge in [-0.05, 0) is 44.5 Å². The van der Waals surface area contributed by atoms with Crippen molar-refractivity contribution in [1.82, 2.24) is 9.88 Å². The first-order chi connectivity index (χ1) is 9.13. The summed E-state index contributed by atoms with van der Waals surface area (Å²) in [5.41, 5.74) is 1.66. The van der Waals surface area contributed by atoms with E-state index in [1.165, 1.54) is 0 Å². The normalized spacial score (nSPS) is 10.9. The van der Waals surface area contributed by atoms with Crippen LogP contribution in [-0.2, 0) is 0 Å². The molecule has 1 amide bonds. The molecule has 0 aliphatic rings. The highest BCUT2D eigenvalue weighted by molar-refractivity contribution is 5.98. The number of nitrogens with zero attached hydrogens (tertiary/aromatic N) is 2. The quantitative estimate of drug-likeness (QED) is 0.839. The zero-order valence-corrected chi connectivity index (χ0v) is 11.8. The molecule has 3 nitrogen and oxygen atoms in total. The van der Waals surface area contributed by atoms with Crippen LogP contribution >= 0.6 is 0 Å². The SMILES string of the molecule is CCCN(C(=O)c1ccc2ncccc2c1)C(C)C. The molecule has 0 spiro atoms. The molecule has 3 heteroatoms. The van der Waals surface area contributed by atoms with E-state index in [0.717, 1.165) is 29.4 Å². The first kappa shape index (κ1) is 13.5. The molecule has 2 aromatic rings. The summed E-state index contributed by atoms with van der Waals surface area (Å²) in [6, 6.07) is 9.80. The van der Waals surface area contributed by atoms with Gasteiger partial charge in [0.05, 0.1) is 5.52 Å². The lowest BCUT2D eigenvalue weighted by Crippen LogP contribution is -2.37. The third kappa shape index (κ3) is 2.92. The van der Waals surface area contributed by atoms with Crippen LogP contribution in [0.2, 0.25) is 0 Å². The highest BCUT2D eigenvalue weighted by Crippen LogP contribution is 2.16. The summed E-state index contributed by atoms with van der Waals surface area (Å²) in [7, 11) is 0. The van der Waals surface area contributed by atoms with Gasteiger partial charge in [-0.25, -0.2) is 0 Å². The van der Waals surface area contributed by atoms with Crippen LogP contribution in [0.15, 0.2) is 36.5 Å². The van der Waals surface area contributed by atoms with E-state index >= 15 is 0 Å². The molecule has 19 heavy (non-hydrogen) atoms. The van der Waals surface area contributed by atoms with Crippen molar-refractivity contribution in [2.45, 2.75) is 33.2 Å². The summed E-state index contributed by atoms with van der Waals surface area (Å²) >= 11 is 0. The van der Waals surface area contributed by atoms with Crippen molar-refractivity contribution in [3.8, 4) is 0 Å². The second-order valence-corrected chi connectivity index (χ2v) is 5.00. The van der Waals surface area contributed by atoms with Crippen molar-refractivity contribution in [2.75, 3.05) is 6.54 Å². The van der Waals surface area contributed by atoms with Crippen molar-refractivity contribution >= 4 is 16.8 Å². The Morgan fingerprint density at radius 3 is 2.79 bits per heavy atom. The maximum atomic E-state index is 12.5. The number of hydrogen-bond acceptors (Lipinski definition) is 2. The summed E-state index contributed by atoms with van der Waals surface area (Å²) in [6.07, 6.45) is 2.74. The lowest BCUT2D eigenvalue weighted by Gasteiger charge is -2.26. The number of carbonyl (C=O) groups is 1. The standard InChI is InChI=1S/C16H20N2O/c1-4-10-18(12(2)3)16(19)14-7-8-15-13(11-14)6-5-9-17-15/h5-9,11-12H,4,10H2,1-3H3. The zero-order valence-electron chi connectivity index (χ0n) is 11.8. The number of rotatable bonds is 4. The Kier molecular flexibility index (Phi) is 4.15. The Morgan fingerprint density at radius 1 is 1.32 bits per heavy atom. The predicted molar refractivity (Wildman–Crippen MR) is 78.2 cm³/mol. The number of hydrogen-bond donors (Lipinski definition) is 0. The molecule has 0 aliphatic carbocycles. The van der Waals surface area contributed by atoms with Gasteiger partial charge in [0.15, 0.2) is 0 Å². The van der Waals surface area contributed by atoms with Crippen molar-refractivity contribution in [2.24, 2.45) is 0 Å². The third-order valence-corrected chi connectivity index (χ3v) is 3.20. The van der Waals surface area contributed by atoms with Crippen LogP contribution in [0.25, 0.3) is 10.9 Å².